The Morgan fingerprint density at radius 1 is 1.18 bits per heavy atom. The van der Waals surface area contributed by atoms with Crippen LogP contribution in [0.5, 0.6) is 0 Å². The third-order valence-electron chi connectivity index (χ3n) is 3.48. The van der Waals surface area contributed by atoms with Gasteiger partial charge in [-0.1, -0.05) is 38.1 Å². The van der Waals surface area contributed by atoms with Crippen LogP contribution in [0.15, 0.2) is 42.5 Å². The Hall–Kier alpha value is -2.69. The summed E-state index contributed by atoms with van der Waals surface area (Å²) in [5.74, 6) is -0.138. The minimum Gasteiger partial charge on any atom is -0.322 e. The number of benzene rings is 2. The zero-order chi connectivity index (χ0) is 16.3. The average Bonchev–Trinajstić information content (AvgIpc) is 2.46. The molecule has 5 nitrogen and oxygen atoms in total. The van der Waals surface area contributed by atoms with E-state index < -0.39 is 10.8 Å². The lowest BCUT2D eigenvalue weighted by Gasteiger charge is -2.10. The van der Waals surface area contributed by atoms with Gasteiger partial charge in [-0.15, -0.1) is 0 Å². The lowest BCUT2D eigenvalue weighted by Crippen LogP contribution is -2.14. The highest BCUT2D eigenvalue weighted by Crippen LogP contribution is 2.25. The number of carbonyl (C=O) groups excluding carboxylic acids is 1. The predicted molar refractivity (Wildman–Crippen MR) is 86.3 cm³/mol. The molecule has 22 heavy (non-hydrogen) atoms. The van der Waals surface area contributed by atoms with E-state index in [-0.39, 0.29) is 11.3 Å². The molecule has 2 aromatic rings. The van der Waals surface area contributed by atoms with Crippen LogP contribution in [0.1, 0.15) is 41.3 Å². The van der Waals surface area contributed by atoms with E-state index in [1.165, 1.54) is 6.07 Å². The molecule has 114 valence electrons. The first-order chi connectivity index (χ1) is 10.4. The van der Waals surface area contributed by atoms with Crippen molar-refractivity contribution in [3.63, 3.8) is 0 Å². The van der Waals surface area contributed by atoms with Crippen molar-refractivity contribution in [1.82, 2.24) is 0 Å². The number of hydrogen-bond acceptors (Lipinski definition) is 3. The molecular weight excluding hydrogens is 280 g/mol. The van der Waals surface area contributed by atoms with Crippen LogP contribution in [0.25, 0.3) is 0 Å². The lowest BCUT2D eigenvalue weighted by molar-refractivity contribution is -0.385. The van der Waals surface area contributed by atoms with Gasteiger partial charge in [0.05, 0.1) is 4.92 Å². The van der Waals surface area contributed by atoms with E-state index in [0.29, 0.717) is 17.2 Å². The summed E-state index contributed by atoms with van der Waals surface area (Å²) < 4.78 is 0. The van der Waals surface area contributed by atoms with Gasteiger partial charge < -0.3 is 5.32 Å². The van der Waals surface area contributed by atoms with Crippen molar-refractivity contribution in [2.24, 2.45) is 0 Å². The highest BCUT2D eigenvalue weighted by Gasteiger charge is 2.22. The van der Waals surface area contributed by atoms with Gasteiger partial charge in [-0.05, 0) is 36.6 Å². The maximum Gasteiger partial charge on any atom is 0.285 e. The molecule has 0 aliphatic heterocycles. The predicted octanol–water partition coefficient (Wildman–Crippen LogP) is 4.28. The molecule has 0 radical (unpaired) electrons. The Balaban J connectivity index is 2.32. The maximum atomic E-state index is 12.4. The monoisotopic (exact) mass is 298 g/mol. The topological polar surface area (TPSA) is 72.2 Å². The van der Waals surface area contributed by atoms with Gasteiger partial charge in [-0.25, -0.2) is 0 Å². The molecule has 1 amide bonds. The number of carbonyl (C=O) groups is 1. The zero-order valence-electron chi connectivity index (χ0n) is 12.8. The molecule has 0 bridgehead atoms. The molecule has 0 aliphatic rings. The van der Waals surface area contributed by atoms with Gasteiger partial charge in [0.25, 0.3) is 11.6 Å². The first kappa shape index (κ1) is 15.7. The van der Waals surface area contributed by atoms with Crippen molar-refractivity contribution in [2.45, 2.75) is 26.7 Å². The van der Waals surface area contributed by atoms with Crippen LogP contribution in [0.3, 0.4) is 0 Å². The summed E-state index contributed by atoms with van der Waals surface area (Å²) >= 11 is 0. The number of para-hydroxylation sites is 1. The smallest absolute Gasteiger partial charge is 0.285 e. The minimum atomic E-state index is -0.519. The van der Waals surface area contributed by atoms with Gasteiger partial charge in [0, 0.05) is 11.3 Å². The average molecular weight is 298 g/mol. The van der Waals surface area contributed by atoms with E-state index in [2.05, 4.69) is 19.2 Å². The highest BCUT2D eigenvalue weighted by atomic mass is 16.6. The third-order valence-corrected chi connectivity index (χ3v) is 3.48. The number of rotatable bonds is 4. The Bertz CT molecular complexity index is 724. The molecular formula is C17H18N2O3. The van der Waals surface area contributed by atoms with Crippen LogP contribution < -0.4 is 5.32 Å². The number of hydrogen-bond donors (Lipinski definition) is 1. The molecule has 0 aromatic heterocycles. The summed E-state index contributed by atoms with van der Waals surface area (Å²) in [6.07, 6.45) is 0. The Morgan fingerprint density at radius 2 is 1.86 bits per heavy atom. The quantitative estimate of drug-likeness (QED) is 0.676. The molecule has 0 aliphatic carbocycles. The van der Waals surface area contributed by atoms with E-state index in [9.17, 15) is 14.9 Å². The molecule has 1 N–H and O–H groups in total. The van der Waals surface area contributed by atoms with Crippen molar-refractivity contribution in [3.05, 3.63) is 69.3 Å². The van der Waals surface area contributed by atoms with Gasteiger partial charge in [0.1, 0.15) is 5.56 Å². The van der Waals surface area contributed by atoms with Gasteiger partial charge in [0.2, 0.25) is 0 Å². The number of amides is 1. The summed E-state index contributed by atoms with van der Waals surface area (Å²) in [5.41, 5.74) is 2.11. The second-order valence-electron chi connectivity index (χ2n) is 5.46. The number of aryl methyl sites for hydroxylation is 1. The summed E-state index contributed by atoms with van der Waals surface area (Å²) in [5, 5.41) is 13.9. The second-order valence-corrected chi connectivity index (χ2v) is 5.46. The normalized spacial score (nSPS) is 10.5. The minimum absolute atomic E-state index is 0.0694. The Kier molecular flexibility index (Phi) is 4.56. The fourth-order valence-corrected chi connectivity index (χ4v) is 2.26. The molecule has 0 unspecified atom stereocenters. The molecule has 0 heterocycles. The molecule has 0 spiro atoms. The van der Waals surface area contributed by atoms with Gasteiger partial charge in [0.15, 0.2) is 0 Å². The fraction of sp³-hybridized carbons (Fsp3) is 0.235. The van der Waals surface area contributed by atoms with Crippen molar-refractivity contribution >= 4 is 17.3 Å². The van der Waals surface area contributed by atoms with Crippen LogP contribution >= 0.6 is 0 Å². The van der Waals surface area contributed by atoms with E-state index in [1.54, 1.807) is 25.1 Å². The van der Waals surface area contributed by atoms with Gasteiger partial charge in [-0.3, -0.25) is 14.9 Å². The van der Waals surface area contributed by atoms with Crippen LogP contribution in [-0.2, 0) is 0 Å². The number of nitro groups is 1. The molecule has 0 saturated heterocycles. The summed E-state index contributed by atoms with van der Waals surface area (Å²) in [6, 6.07) is 12.2. The van der Waals surface area contributed by atoms with Crippen molar-refractivity contribution < 1.29 is 9.72 Å². The lowest BCUT2D eigenvalue weighted by atomic mass is 10.0. The van der Waals surface area contributed by atoms with Crippen molar-refractivity contribution in [2.75, 3.05) is 5.32 Å². The first-order valence-electron chi connectivity index (χ1n) is 7.05. The van der Waals surface area contributed by atoms with Crippen molar-refractivity contribution in [1.29, 1.82) is 0 Å². The Labute approximate surface area is 129 Å². The number of nitro benzene ring substituents is 1. The molecule has 2 rings (SSSR count). The maximum absolute atomic E-state index is 12.4. The van der Waals surface area contributed by atoms with Gasteiger partial charge in [-0.2, -0.15) is 0 Å². The van der Waals surface area contributed by atoms with Crippen molar-refractivity contribution in [3.8, 4) is 0 Å². The largest absolute Gasteiger partial charge is 0.322 e. The standard InChI is InChI=1S/C17H18N2O3/c1-11(2)13-7-5-8-14(10-13)18-17(20)15-9-4-6-12(3)16(15)19(21)22/h4-11H,1-3H3,(H,18,20). The highest BCUT2D eigenvalue weighted by molar-refractivity contribution is 6.07. The van der Waals surface area contributed by atoms with Crippen LogP contribution in [0.2, 0.25) is 0 Å². The van der Waals surface area contributed by atoms with E-state index in [0.717, 1.165) is 5.56 Å². The molecule has 2 aromatic carbocycles. The third kappa shape index (κ3) is 3.31. The van der Waals surface area contributed by atoms with Gasteiger partial charge >= 0.3 is 0 Å². The Morgan fingerprint density at radius 3 is 2.50 bits per heavy atom. The molecule has 5 heteroatoms. The summed E-state index contributed by atoms with van der Waals surface area (Å²) in [6.45, 7) is 5.74. The summed E-state index contributed by atoms with van der Waals surface area (Å²) in [4.78, 5) is 23.0. The molecule has 0 fully saturated rings. The molecule has 0 atom stereocenters. The second kappa shape index (κ2) is 6.39. The van der Waals surface area contributed by atoms with Crippen LogP contribution in [0.4, 0.5) is 11.4 Å². The number of nitrogens with one attached hydrogen (secondary N) is 1. The van der Waals surface area contributed by atoms with Crippen LogP contribution in [-0.4, -0.2) is 10.8 Å². The zero-order valence-corrected chi connectivity index (χ0v) is 12.8. The van der Waals surface area contributed by atoms with E-state index in [4.69, 9.17) is 0 Å². The number of nitrogens with zero attached hydrogens (tertiary/aromatic N) is 1. The van der Waals surface area contributed by atoms with Crippen LogP contribution in [0, 0.1) is 17.0 Å². The van der Waals surface area contributed by atoms with E-state index >= 15 is 0 Å². The molecule has 0 saturated carbocycles. The fourth-order valence-electron chi connectivity index (χ4n) is 2.26. The SMILES string of the molecule is Cc1cccc(C(=O)Nc2cccc(C(C)C)c2)c1[N+](=O)[O-]. The first-order valence-corrected chi connectivity index (χ1v) is 7.05. The summed E-state index contributed by atoms with van der Waals surface area (Å²) in [7, 11) is 0. The number of anilines is 1. The van der Waals surface area contributed by atoms with E-state index in [1.807, 2.05) is 18.2 Å².